The van der Waals surface area contributed by atoms with Crippen LogP contribution in [0.15, 0.2) is 59.6 Å². The Bertz CT molecular complexity index is 1050. The smallest absolute Gasteiger partial charge is 0.246 e. The van der Waals surface area contributed by atoms with Crippen LogP contribution in [0.1, 0.15) is 11.5 Å². The lowest BCUT2D eigenvalue weighted by atomic mass is 10.1. The van der Waals surface area contributed by atoms with E-state index < -0.39 is 0 Å². The van der Waals surface area contributed by atoms with Crippen molar-refractivity contribution in [3.8, 4) is 28.6 Å². The second kappa shape index (κ2) is 10.3. The molecule has 0 aliphatic carbocycles. The first-order chi connectivity index (χ1) is 15.1. The van der Waals surface area contributed by atoms with Crippen molar-refractivity contribution in [3.05, 3.63) is 66.6 Å². The van der Waals surface area contributed by atoms with Crippen molar-refractivity contribution < 1.29 is 23.5 Å². The topological polar surface area (TPSA) is 86.9 Å². The van der Waals surface area contributed by atoms with Gasteiger partial charge in [0.25, 0.3) is 0 Å². The van der Waals surface area contributed by atoms with Crippen LogP contribution in [-0.2, 0) is 17.8 Å². The molecule has 31 heavy (non-hydrogen) atoms. The fourth-order valence-corrected chi connectivity index (χ4v) is 3.11. The van der Waals surface area contributed by atoms with Crippen LogP contribution in [0.25, 0.3) is 11.4 Å². The van der Waals surface area contributed by atoms with Gasteiger partial charge >= 0.3 is 0 Å². The van der Waals surface area contributed by atoms with Crippen molar-refractivity contribution in [2.75, 3.05) is 27.9 Å². The highest BCUT2D eigenvalue weighted by Gasteiger charge is 2.19. The Morgan fingerprint density at radius 3 is 2.52 bits per heavy atom. The molecular weight excluding hydrogens is 398 g/mol. The predicted octanol–water partition coefficient (Wildman–Crippen LogP) is 3.52. The number of aromatic nitrogens is 2. The van der Waals surface area contributed by atoms with E-state index in [1.165, 1.54) is 0 Å². The van der Waals surface area contributed by atoms with E-state index in [4.69, 9.17) is 18.7 Å². The average Bonchev–Trinajstić information content (AvgIpc) is 3.27. The Kier molecular flexibility index (Phi) is 7.26. The number of rotatable bonds is 10. The highest BCUT2D eigenvalue weighted by atomic mass is 16.5. The highest BCUT2D eigenvalue weighted by molar-refractivity contribution is 5.79. The number of amides is 1. The van der Waals surface area contributed by atoms with E-state index in [0.717, 1.165) is 5.56 Å². The van der Waals surface area contributed by atoms with Gasteiger partial charge in [0.2, 0.25) is 17.6 Å². The molecule has 0 spiro atoms. The molecule has 8 heteroatoms. The zero-order chi connectivity index (χ0) is 22.2. The molecule has 162 valence electrons. The van der Waals surface area contributed by atoms with E-state index >= 15 is 0 Å². The second-order valence-electron chi connectivity index (χ2n) is 6.63. The van der Waals surface area contributed by atoms with Gasteiger partial charge in [-0.15, -0.1) is 6.58 Å². The molecule has 0 atom stereocenters. The van der Waals surface area contributed by atoms with Gasteiger partial charge in [0, 0.05) is 17.7 Å². The fourth-order valence-electron chi connectivity index (χ4n) is 3.11. The molecule has 1 heterocycles. The summed E-state index contributed by atoms with van der Waals surface area (Å²) in [6, 6.07) is 12.8. The van der Waals surface area contributed by atoms with Crippen LogP contribution in [0, 0.1) is 0 Å². The van der Waals surface area contributed by atoms with E-state index in [1.54, 1.807) is 44.4 Å². The van der Waals surface area contributed by atoms with E-state index in [9.17, 15) is 4.79 Å². The summed E-state index contributed by atoms with van der Waals surface area (Å²) < 4.78 is 21.3. The third kappa shape index (κ3) is 5.22. The molecule has 2 aromatic carbocycles. The van der Waals surface area contributed by atoms with Gasteiger partial charge in [0.05, 0.1) is 27.8 Å². The summed E-state index contributed by atoms with van der Waals surface area (Å²) in [5.74, 6) is 2.45. The minimum absolute atomic E-state index is 0.102. The number of benzene rings is 2. The van der Waals surface area contributed by atoms with Gasteiger partial charge < -0.3 is 23.6 Å². The minimum atomic E-state index is -0.102. The molecule has 0 unspecified atom stereocenters. The van der Waals surface area contributed by atoms with Crippen molar-refractivity contribution in [1.29, 1.82) is 0 Å². The molecule has 3 rings (SSSR count). The van der Waals surface area contributed by atoms with E-state index in [2.05, 4.69) is 16.7 Å². The first kappa shape index (κ1) is 21.9. The maximum absolute atomic E-state index is 12.9. The fraction of sp³-hybridized carbons (Fsp3) is 0.261. The van der Waals surface area contributed by atoms with Crippen molar-refractivity contribution in [1.82, 2.24) is 15.0 Å². The molecule has 0 aliphatic heterocycles. The standard InChI is InChI=1S/C23H25N3O5/c1-5-12-26(22(27)14-16-8-6-7-9-18(16)28-2)15-21-24-23(25-31-21)17-10-11-19(29-3)20(13-17)30-4/h5-11,13H,1,12,14-15H2,2-4H3. The van der Waals surface area contributed by atoms with Crippen LogP contribution in [0.2, 0.25) is 0 Å². The Morgan fingerprint density at radius 1 is 1.06 bits per heavy atom. The lowest BCUT2D eigenvalue weighted by Crippen LogP contribution is -2.32. The van der Waals surface area contributed by atoms with Crippen LogP contribution in [0.4, 0.5) is 0 Å². The van der Waals surface area contributed by atoms with Crippen LogP contribution in [0.3, 0.4) is 0 Å². The summed E-state index contributed by atoms with van der Waals surface area (Å²) in [5, 5.41) is 4.03. The summed E-state index contributed by atoms with van der Waals surface area (Å²) in [6.07, 6.45) is 1.85. The van der Waals surface area contributed by atoms with E-state index in [0.29, 0.717) is 41.1 Å². The summed E-state index contributed by atoms with van der Waals surface area (Å²) in [7, 11) is 4.71. The quantitative estimate of drug-likeness (QED) is 0.461. The molecule has 0 fully saturated rings. The molecule has 8 nitrogen and oxygen atoms in total. The van der Waals surface area contributed by atoms with Crippen LogP contribution < -0.4 is 14.2 Å². The number of hydrogen-bond donors (Lipinski definition) is 0. The zero-order valence-electron chi connectivity index (χ0n) is 17.8. The maximum Gasteiger partial charge on any atom is 0.246 e. The normalized spacial score (nSPS) is 10.4. The maximum atomic E-state index is 12.9. The van der Waals surface area contributed by atoms with Crippen molar-refractivity contribution >= 4 is 5.91 Å². The molecule has 0 saturated carbocycles. The Balaban J connectivity index is 1.76. The number of hydrogen-bond acceptors (Lipinski definition) is 7. The molecule has 0 bridgehead atoms. The number of para-hydroxylation sites is 1. The zero-order valence-corrected chi connectivity index (χ0v) is 17.8. The summed E-state index contributed by atoms with van der Waals surface area (Å²) in [6.45, 7) is 4.26. The average molecular weight is 423 g/mol. The van der Waals surface area contributed by atoms with Gasteiger partial charge in [-0.2, -0.15) is 4.98 Å². The van der Waals surface area contributed by atoms with Crippen molar-refractivity contribution in [3.63, 3.8) is 0 Å². The van der Waals surface area contributed by atoms with E-state index in [1.807, 2.05) is 30.3 Å². The number of methoxy groups -OCH3 is 3. The van der Waals surface area contributed by atoms with Gasteiger partial charge in [-0.05, 0) is 24.3 Å². The van der Waals surface area contributed by atoms with Crippen LogP contribution in [-0.4, -0.2) is 48.8 Å². The third-order valence-corrected chi connectivity index (χ3v) is 4.67. The molecular formula is C23H25N3O5. The van der Waals surface area contributed by atoms with Crippen LogP contribution in [0.5, 0.6) is 17.2 Å². The van der Waals surface area contributed by atoms with Gasteiger partial charge in [-0.3, -0.25) is 4.79 Å². The SMILES string of the molecule is C=CCN(Cc1nc(-c2ccc(OC)c(OC)c2)no1)C(=O)Cc1ccccc1OC. The van der Waals surface area contributed by atoms with Gasteiger partial charge in [-0.1, -0.05) is 29.4 Å². The largest absolute Gasteiger partial charge is 0.496 e. The monoisotopic (exact) mass is 423 g/mol. The van der Waals surface area contributed by atoms with Gasteiger partial charge in [0.1, 0.15) is 12.3 Å². The Labute approximate surface area is 181 Å². The third-order valence-electron chi connectivity index (χ3n) is 4.67. The Hall–Kier alpha value is -3.81. The van der Waals surface area contributed by atoms with Crippen molar-refractivity contribution in [2.24, 2.45) is 0 Å². The first-order valence-corrected chi connectivity index (χ1v) is 9.65. The summed E-state index contributed by atoms with van der Waals surface area (Å²) >= 11 is 0. The molecule has 1 amide bonds. The second-order valence-corrected chi connectivity index (χ2v) is 6.63. The molecule has 0 radical (unpaired) electrons. The van der Waals surface area contributed by atoms with E-state index in [-0.39, 0.29) is 18.9 Å². The number of nitrogens with zero attached hydrogens (tertiary/aromatic N) is 3. The molecule has 0 aliphatic rings. The molecule has 1 aromatic heterocycles. The minimum Gasteiger partial charge on any atom is -0.496 e. The highest BCUT2D eigenvalue weighted by Crippen LogP contribution is 2.31. The lowest BCUT2D eigenvalue weighted by molar-refractivity contribution is -0.130. The van der Waals surface area contributed by atoms with Gasteiger partial charge in [0.15, 0.2) is 11.5 Å². The summed E-state index contributed by atoms with van der Waals surface area (Å²) in [5.41, 5.74) is 1.52. The van der Waals surface area contributed by atoms with Crippen LogP contribution >= 0.6 is 0 Å². The molecule has 0 N–H and O–H groups in total. The predicted molar refractivity (Wildman–Crippen MR) is 115 cm³/mol. The first-order valence-electron chi connectivity index (χ1n) is 9.65. The summed E-state index contributed by atoms with van der Waals surface area (Å²) in [4.78, 5) is 18.9. The van der Waals surface area contributed by atoms with Gasteiger partial charge in [-0.25, -0.2) is 0 Å². The number of carbonyl (C=O) groups excluding carboxylic acids is 1. The lowest BCUT2D eigenvalue weighted by Gasteiger charge is -2.19. The van der Waals surface area contributed by atoms with Crippen molar-refractivity contribution in [2.45, 2.75) is 13.0 Å². The molecule has 3 aromatic rings. The Morgan fingerprint density at radius 2 is 1.81 bits per heavy atom. The molecule has 0 saturated heterocycles. The number of carbonyl (C=O) groups is 1. The number of ether oxygens (including phenoxy) is 3.